The van der Waals surface area contributed by atoms with Crippen molar-refractivity contribution in [1.82, 2.24) is 9.80 Å². The zero-order valence-corrected chi connectivity index (χ0v) is 15.2. The second-order valence-electron chi connectivity index (χ2n) is 6.92. The van der Waals surface area contributed by atoms with Gasteiger partial charge in [0.05, 0.1) is 14.2 Å². The molecule has 0 N–H and O–H groups in total. The normalized spacial score (nSPS) is 30.0. The smallest absolute Gasteiger partial charge is 0.410 e. The Labute approximate surface area is 148 Å². The van der Waals surface area contributed by atoms with E-state index in [0.29, 0.717) is 0 Å². The number of esters is 1. The van der Waals surface area contributed by atoms with Crippen molar-refractivity contribution >= 4 is 12.1 Å². The van der Waals surface area contributed by atoms with Crippen LogP contribution in [0.4, 0.5) is 4.79 Å². The van der Waals surface area contributed by atoms with Gasteiger partial charge in [0, 0.05) is 30.6 Å². The fraction of sp³-hybridized carbons (Fsp3) is 0.579. The van der Waals surface area contributed by atoms with E-state index in [1.165, 1.54) is 19.8 Å². The Hall–Kier alpha value is -2.08. The topological polar surface area (TPSA) is 59.1 Å². The Morgan fingerprint density at radius 3 is 2.44 bits per heavy atom. The molecule has 0 radical (unpaired) electrons. The van der Waals surface area contributed by atoms with Gasteiger partial charge in [0.2, 0.25) is 0 Å². The minimum atomic E-state index is -0.578. The first-order chi connectivity index (χ1) is 12.0. The van der Waals surface area contributed by atoms with Crippen LogP contribution in [0, 0.1) is 5.92 Å². The molecule has 25 heavy (non-hydrogen) atoms. The van der Waals surface area contributed by atoms with E-state index in [0.717, 1.165) is 13.0 Å². The maximum Gasteiger partial charge on any atom is 0.410 e. The van der Waals surface area contributed by atoms with Gasteiger partial charge in [-0.3, -0.25) is 9.80 Å². The number of hydrogen-bond donors (Lipinski definition) is 0. The SMILES string of the molecule is COC(=O)[C@H]1[C@H]2C[C@H](CN([C@H](C)c3ccccc3)C2C)N1C(=O)OC. The van der Waals surface area contributed by atoms with Crippen LogP contribution in [-0.2, 0) is 14.3 Å². The highest BCUT2D eigenvalue weighted by atomic mass is 16.5. The van der Waals surface area contributed by atoms with Gasteiger partial charge >= 0.3 is 12.1 Å². The molecule has 136 valence electrons. The Morgan fingerprint density at radius 1 is 1.16 bits per heavy atom. The average Bonchev–Trinajstić information content (AvgIpc) is 2.98. The summed E-state index contributed by atoms with van der Waals surface area (Å²) in [6.45, 7) is 5.03. The van der Waals surface area contributed by atoms with Crippen LogP contribution in [-0.4, -0.2) is 60.8 Å². The van der Waals surface area contributed by atoms with Crippen molar-refractivity contribution in [2.75, 3.05) is 20.8 Å². The van der Waals surface area contributed by atoms with Gasteiger partial charge in [0.25, 0.3) is 0 Å². The molecule has 0 aliphatic carbocycles. The fourth-order valence-electron chi connectivity index (χ4n) is 4.48. The maximum absolute atomic E-state index is 12.4. The minimum Gasteiger partial charge on any atom is -0.467 e. The Balaban J connectivity index is 1.91. The van der Waals surface area contributed by atoms with E-state index >= 15 is 0 Å². The Bertz CT molecular complexity index is 636. The van der Waals surface area contributed by atoms with Gasteiger partial charge in [-0.05, 0) is 25.8 Å². The van der Waals surface area contributed by atoms with E-state index in [2.05, 4.69) is 30.9 Å². The first kappa shape index (κ1) is 17.7. The molecule has 3 rings (SSSR count). The van der Waals surface area contributed by atoms with Crippen LogP contribution in [0.25, 0.3) is 0 Å². The lowest BCUT2D eigenvalue weighted by Gasteiger charge is -2.41. The number of fused-ring (bicyclic) bond motifs is 2. The second-order valence-corrected chi connectivity index (χ2v) is 6.92. The number of rotatable bonds is 3. The van der Waals surface area contributed by atoms with Crippen molar-refractivity contribution < 1.29 is 19.1 Å². The van der Waals surface area contributed by atoms with Crippen LogP contribution in [0.5, 0.6) is 0 Å². The molecule has 1 aromatic rings. The third kappa shape index (κ3) is 2.99. The van der Waals surface area contributed by atoms with E-state index in [1.54, 1.807) is 4.90 Å². The number of benzene rings is 1. The Morgan fingerprint density at radius 2 is 1.84 bits per heavy atom. The third-order valence-electron chi connectivity index (χ3n) is 5.81. The largest absolute Gasteiger partial charge is 0.467 e. The molecule has 2 heterocycles. The monoisotopic (exact) mass is 346 g/mol. The van der Waals surface area contributed by atoms with Gasteiger partial charge in [0.15, 0.2) is 0 Å². The molecule has 1 unspecified atom stereocenters. The van der Waals surface area contributed by atoms with Crippen molar-refractivity contribution in [2.45, 2.75) is 44.4 Å². The summed E-state index contributed by atoms with van der Waals surface area (Å²) in [6, 6.07) is 10.1. The Kier molecular flexibility index (Phi) is 4.99. The van der Waals surface area contributed by atoms with Crippen molar-refractivity contribution in [3.63, 3.8) is 0 Å². The van der Waals surface area contributed by atoms with Crippen molar-refractivity contribution in [3.05, 3.63) is 35.9 Å². The molecule has 2 aliphatic rings. The predicted molar refractivity (Wildman–Crippen MR) is 93.0 cm³/mol. The molecule has 5 atom stereocenters. The number of methoxy groups -OCH3 is 2. The van der Waals surface area contributed by atoms with Gasteiger partial charge in [-0.25, -0.2) is 9.59 Å². The van der Waals surface area contributed by atoms with Crippen LogP contribution in [0.2, 0.25) is 0 Å². The van der Waals surface area contributed by atoms with E-state index < -0.39 is 12.1 Å². The van der Waals surface area contributed by atoms with Crippen LogP contribution in [0.3, 0.4) is 0 Å². The minimum absolute atomic E-state index is 0.0380. The highest BCUT2D eigenvalue weighted by molar-refractivity contribution is 5.83. The molecule has 1 aromatic carbocycles. The molecule has 2 aliphatic heterocycles. The standard InChI is InChI=1S/C19H26N2O4/c1-12(14-8-6-5-7-9-14)20-11-15-10-16(13(20)2)17(18(22)24-3)21(15)19(23)25-4/h5-9,12-13,15-17H,10-11H2,1-4H3/t12-,13?,15-,16+,17-/m1/s1. The molecule has 6 nitrogen and oxygen atoms in total. The lowest BCUT2D eigenvalue weighted by molar-refractivity contribution is -0.147. The van der Waals surface area contributed by atoms with Crippen molar-refractivity contribution in [1.29, 1.82) is 0 Å². The first-order valence-electron chi connectivity index (χ1n) is 8.74. The molecule has 6 heteroatoms. The van der Waals surface area contributed by atoms with Crippen LogP contribution in [0.1, 0.15) is 31.9 Å². The summed E-state index contributed by atoms with van der Waals surface area (Å²) < 4.78 is 9.93. The summed E-state index contributed by atoms with van der Waals surface area (Å²) in [5, 5.41) is 0. The number of carbonyl (C=O) groups is 2. The lowest BCUT2D eigenvalue weighted by atomic mass is 9.86. The predicted octanol–water partition coefficient (Wildman–Crippen LogP) is 2.45. The summed E-state index contributed by atoms with van der Waals surface area (Å²) in [5.41, 5.74) is 1.23. The molecule has 1 amide bonds. The van der Waals surface area contributed by atoms with E-state index in [4.69, 9.17) is 9.47 Å². The van der Waals surface area contributed by atoms with Gasteiger partial charge in [-0.2, -0.15) is 0 Å². The van der Waals surface area contributed by atoms with Crippen LogP contribution in [0.15, 0.2) is 30.3 Å². The molecule has 0 saturated carbocycles. The number of piperidine rings is 1. The highest BCUT2D eigenvalue weighted by Gasteiger charge is 2.55. The number of likely N-dealkylation sites (tertiary alicyclic amines) is 2. The quantitative estimate of drug-likeness (QED) is 0.787. The molecule has 0 spiro atoms. The number of carbonyl (C=O) groups excluding carboxylic acids is 2. The fourth-order valence-corrected chi connectivity index (χ4v) is 4.48. The summed E-state index contributed by atoms with van der Waals surface area (Å²) >= 11 is 0. The molecular weight excluding hydrogens is 320 g/mol. The molecular formula is C19H26N2O4. The van der Waals surface area contributed by atoms with Crippen molar-refractivity contribution in [3.8, 4) is 0 Å². The van der Waals surface area contributed by atoms with E-state index in [1.807, 2.05) is 18.2 Å². The van der Waals surface area contributed by atoms with E-state index in [9.17, 15) is 9.59 Å². The maximum atomic E-state index is 12.4. The number of ether oxygens (including phenoxy) is 2. The van der Waals surface area contributed by atoms with E-state index in [-0.39, 0.29) is 30.0 Å². The summed E-state index contributed by atoms with van der Waals surface area (Å²) in [4.78, 5) is 28.7. The molecule has 2 saturated heterocycles. The summed E-state index contributed by atoms with van der Waals surface area (Å²) in [7, 11) is 2.72. The number of amides is 1. The zero-order chi connectivity index (χ0) is 18.1. The third-order valence-corrected chi connectivity index (χ3v) is 5.81. The van der Waals surface area contributed by atoms with Gasteiger partial charge in [0.1, 0.15) is 6.04 Å². The lowest BCUT2D eigenvalue weighted by Crippen LogP contribution is -2.48. The van der Waals surface area contributed by atoms with Gasteiger partial charge < -0.3 is 9.47 Å². The zero-order valence-electron chi connectivity index (χ0n) is 15.2. The number of hydrogen-bond acceptors (Lipinski definition) is 5. The molecule has 2 fully saturated rings. The van der Waals surface area contributed by atoms with Gasteiger partial charge in [-0.1, -0.05) is 30.3 Å². The number of nitrogens with zero attached hydrogens (tertiary/aromatic N) is 2. The van der Waals surface area contributed by atoms with Gasteiger partial charge in [-0.15, -0.1) is 0 Å². The van der Waals surface area contributed by atoms with Crippen LogP contribution < -0.4 is 0 Å². The second kappa shape index (κ2) is 7.04. The highest BCUT2D eigenvalue weighted by Crippen LogP contribution is 2.42. The van der Waals surface area contributed by atoms with Crippen LogP contribution >= 0.6 is 0 Å². The average molecular weight is 346 g/mol. The molecule has 2 bridgehead atoms. The molecule has 0 aromatic heterocycles. The summed E-state index contributed by atoms with van der Waals surface area (Å²) in [6.07, 6.45) is 0.345. The van der Waals surface area contributed by atoms with Crippen molar-refractivity contribution in [2.24, 2.45) is 5.92 Å². The summed E-state index contributed by atoms with van der Waals surface area (Å²) in [5.74, 6) is -0.324. The first-order valence-corrected chi connectivity index (χ1v) is 8.74.